The fourth-order valence-electron chi connectivity index (χ4n) is 2.55. The first kappa shape index (κ1) is 20.8. The third-order valence-electron chi connectivity index (χ3n) is 4.16. The standard InChI is InChI=1S/C20H36N2O2/c1-3-5-7-9-13-23-19-12-11-17(18(22)16-21)15-20(19)24-14-10-8-6-4-2/h11-12,15,18H,3-10,13-14,16,21-22H2,1-2H3. The predicted molar refractivity (Wildman–Crippen MR) is 102 cm³/mol. The first-order valence-corrected chi connectivity index (χ1v) is 9.58. The van der Waals surface area contributed by atoms with Crippen LogP contribution >= 0.6 is 0 Å². The molecule has 24 heavy (non-hydrogen) atoms. The summed E-state index contributed by atoms with van der Waals surface area (Å²) in [6.45, 7) is 6.29. The molecule has 0 radical (unpaired) electrons. The molecule has 0 aliphatic carbocycles. The average molecular weight is 337 g/mol. The molecular formula is C20H36N2O2. The summed E-state index contributed by atoms with van der Waals surface area (Å²) in [5, 5.41) is 0. The van der Waals surface area contributed by atoms with Crippen molar-refractivity contribution in [1.82, 2.24) is 0 Å². The van der Waals surface area contributed by atoms with E-state index in [1.807, 2.05) is 18.2 Å². The van der Waals surface area contributed by atoms with Crippen molar-refractivity contribution >= 4 is 0 Å². The first-order valence-electron chi connectivity index (χ1n) is 9.58. The molecule has 4 nitrogen and oxygen atoms in total. The van der Waals surface area contributed by atoms with Crippen LogP contribution in [0.3, 0.4) is 0 Å². The van der Waals surface area contributed by atoms with Gasteiger partial charge in [0.05, 0.1) is 13.2 Å². The van der Waals surface area contributed by atoms with Gasteiger partial charge in [-0.2, -0.15) is 0 Å². The van der Waals surface area contributed by atoms with Gasteiger partial charge in [-0.3, -0.25) is 0 Å². The van der Waals surface area contributed by atoms with Crippen molar-refractivity contribution in [2.75, 3.05) is 19.8 Å². The summed E-state index contributed by atoms with van der Waals surface area (Å²) < 4.78 is 11.9. The van der Waals surface area contributed by atoms with Crippen LogP contribution in [-0.2, 0) is 0 Å². The second-order valence-electron chi connectivity index (χ2n) is 6.37. The molecule has 0 aliphatic rings. The molecule has 0 saturated heterocycles. The summed E-state index contributed by atoms with van der Waals surface area (Å²) in [7, 11) is 0. The summed E-state index contributed by atoms with van der Waals surface area (Å²) in [6.07, 6.45) is 9.53. The lowest BCUT2D eigenvalue weighted by Crippen LogP contribution is -2.20. The van der Waals surface area contributed by atoms with Crippen LogP contribution in [0.2, 0.25) is 0 Å². The summed E-state index contributed by atoms with van der Waals surface area (Å²) in [6, 6.07) is 5.78. The summed E-state index contributed by atoms with van der Waals surface area (Å²) in [5.74, 6) is 1.61. The van der Waals surface area contributed by atoms with Crippen molar-refractivity contribution < 1.29 is 9.47 Å². The van der Waals surface area contributed by atoms with Crippen LogP contribution in [-0.4, -0.2) is 19.8 Å². The number of benzene rings is 1. The monoisotopic (exact) mass is 336 g/mol. The van der Waals surface area contributed by atoms with Gasteiger partial charge in [0.25, 0.3) is 0 Å². The van der Waals surface area contributed by atoms with Crippen molar-refractivity contribution in [1.29, 1.82) is 0 Å². The highest BCUT2D eigenvalue weighted by molar-refractivity contribution is 5.44. The van der Waals surface area contributed by atoms with Crippen molar-refractivity contribution in [3.63, 3.8) is 0 Å². The van der Waals surface area contributed by atoms with E-state index in [4.69, 9.17) is 20.9 Å². The highest BCUT2D eigenvalue weighted by Crippen LogP contribution is 2.30. The Morgan fingerprint density at radius 2 is 1.42 bits per heavy atom. The number of hydrogen-bond donors (Lipinski definition) is 2. The van der Waals surface area contributed by atoms with Crippen LogP contribution in [0.4, 0.5) is 0 Å². The fraction of sp³-hybridized carbons (Fsp3) is 0.700. The summed E-state index contributed by atoms with van der Waals surface area (Å²) >= 11 is 0. The molecule has 1 aromatic carbocycles. The molecule has 0 fully saturated rings. The fourth-order valence-corrected chi connectivity index (χ4v) is 2.55. The molecule has 0 heterocycles. The molecule has 4 N–H and O–H groups in total. The smallest absolute Gasteiger partial charge is 0.161 e. The van der Waals surface area contributed by atoms with Gasteiger partial charge in [0.15, 0.2) is 11.5 Å². The van der Waals surface area contributed by atoms with Crippen molar-refractivity contribution in [3.8, 4) is 11.5 Å². The molecule has 1 rings (SSSR count). The van der Waals surface area contributed by atoms with Gasteiger partial charge in [-0.25, -0.2) is 0 Å². The molecular weight excluding hydrogens is 300 g/mol. The van der Waals surface area contributed by atoms with E-state index in [0.29, 0.717) is 13.2 Å². The van der Waals surface area contributed by atoms with Gasteiger partial charge >= 0.3 is 0 Å². The third kappa shape index (κ3) is 8.02. The molecule has 4 heteroatoms. The normalized spacial score (nSPS) is 12.2. The lowest BCUT2D eigenvalue weighted by molar-refractivity contribution is 0.258. The van der Waals surface area contributed by atoms with Gasteiger partial charge in [0.1, 0.15) is 0 Å². The quantitative estimate of drug-likeness (QED) is 0.488. The second-order valence-corrected chi connectivity index (χ2v) is 6.37. The minimum atomic E-state index is -0.161. The van der Waals surface area contributed by atoms with Crippen molar-refractivity contribution in [2.45, 2.75) is 71.3 Å². The maximum absolute atomic E-state index is 6.04. The van der Waals surface area contributed by atoms with Crippen LogP contribution in [0.15, 0.2) is 18.2 Å². The van der Waals surface area contributed by atoms with E-state index in [9.17, 15) is 0 Å². The molecule has 0 aromatic heterocycles. The Morgan fingerprint density at radius 1 is 0.833 bits per heavy atom. The van der Waals surface area contributed by atoms with E-state index < -0.39 is 0 Å². The number of hydrogen-bond acceptors (Lipinski definition) is 4. The molecule has 1 unspecified atom stereocenters. The van der Waals surface area contributed by atoms with Gasteiger partial charge in [0.2, 0.25) is 0 Å². The molecule has 138 valence electrons. The first-order chi connectivity index (χ1) is 11.7. The Morgan fingerprint density at radius 3 is 1.96 bits per heavy atom. The molecule has 0 bridgehead atoms. The Hall–Kier alpha value is -1.26. The van der Waals surface area contributed by atoms with Crippen LogP contribution in [0, 0.1) is 0 Å². The van der Waals surface area contributed by atoms with Crippen LogP contribution in [0.1, 0.15) is 76.8 Å². The lowest BCUT2D eigenvalue weighted by atomic mass is 10.1. The Balaban J connectivity index is 2.61. The van der Waals surface area contributed by atoms with Gasteiger partial charge in [-0.1, -0.05) is 58.4 Å². The van der Waals surface area contributed by atoms with E-state index >= 15 is 0 Å². The minimum Gasteiger partial charge on any atom is -0.490 e. The Bertz CT molecular complexity index is 438. The second kappa shape index (κ2) is 13.1. The molecule has 0 aliphatic heterocycles. The van der Waals surface area contributed by atoms with Crippen LogP contribution in [0.5, 0.6) is 11.5 Å². The zero-order chi connectivity index (χ0) is 17.6. The van der Waals surface area contributed by atoms with Gasteiger partial charge in [0, 0.05) is 12.6 Å². The highest BCUT2D eigenvalue weighted by Gasteiger charge is 2.11. The molecule has 1 aromatic rings. The lowest BCUT2D eigenvalue weighted by Gasteiger charge is -2.16. The maximum Gasteiger partial charge on any atom is 0.161 e. The zero-order valence-corrected chi connectivity index (χ0v) is 15.6. The Kier molecular flexibility index (Phi) is 11.3. The van der Waals surface area contributed by atoms with E-state index in [-0.39, 0.29) is 6.04 Å². The molecule has 1 atom stereocenters. The van der Waals surface area contributed by atoms with Gasteiger partial charge < -0.3 is 20.9 Å². The predicted octanol–water partition coefficient (Wildman–Crippen LogP) is 4.56. The highest BCUT2D eigenvalue weighted by atomic mass is 16.5. The Labute approximate surface area is 147 Å². The van der Waals surface area contributed by atoms with E-state index in [2.05, 4.69) is 13.8 Å². The number of nitrogens with two attached hydrogens (primary N) is 2. The molecule has 0 amide bonds. The van der Waals surface area contributed by atoms with Crippen molar-refractivity contribution in [3.05, 3.63) is 23.8 Å². The number of unbranched alkanes of at least 4 members (excludes halogenated alkanes) is 6. The van der Waals surface area contributed by atoms with E-state index in [1.54, 1.807) is 0 Å². The third-order valence-corrected chi connectivity index (χ3v) is 4.16. The SMILES string of the molecule is CCCCCCOc1ccc(C(N)CN)cc1OCCCCCC. The van der Waals surface area contributed by atoms with Crippen molar-refractivity contribution in [2.24, 2.45) is 11.5 Å². The topological polar surface area (TPSA) is 70.5 Å². The minimum absolute atomic E-state index is 0.161. The maximum atomic E-state index is 6.04. The molecule has 0 spiro atoms. The summed E-state index contributed by atoms with van der Waals surface area (Å²) in [4.78, 5) is 0. The largest absolute Gasteiger partial charge is 0.490 e. The van der Waals surface area contributed by atoms with E-state index in [1.165, 1.54) is 38.5 Å². The molecule has 0 saturated carbocycles. The average Bonchev–Trinajstić information content (AvgIpc) is 2.61. The number of rotatable bonds is 14. The van der Waals surface area contributed by atoms with Gasteiger partial charge in [-0.05, 0) is 30.5 Å². The van der Waals surface area contributed by atoms with Crippen LogP contribution in [0.25, 0.3) is 0 Å². The summed E-state index contributed by atoms with van der Waals surface area (Å²) in [5.41, 5.74) is 12.7. The van der Waals surface area contributed by atoms with Gasteiger partial charge in [-0.15, -0.1) is 0 Å². The zero-order valence-electron chi connectivity index (χ0n) is 15.6. The number of ether oxygens (including phenoxy) is 2. The van der Waals surface area contributed by atoms with E-state index in [0.717, 1.165) is 36.5 Å². The van der Waals surface area contributed by atoms with Crippen LogP contribution < -0.4 is 20.9 Å².